The van der Waals surface area contributed by atoms with E-state index in [4.69, 9.17) is 4.42 Å². The predicted octanol–water partition coefficient (Wildman–Crippen LogP) is 1.72. The summed E-state index contributed by atoms with van der Waals surface area (Å²) >= 11 is 1.66. The molecule has 1 unspecified atom stereocenters. The van der Waals surface area contributed by atoms with Gasteiger partial charge in [0.25, 0.3) is 5.89 Å². The number of fused-ring (bicyclic) bond motifs is 1. The van der Waals surface area contributed by atoms with E-state index in [1.807, 2.05) is 18.5 Å². The van der Waals surface area contributed by atoms with Crippen molar-refractivity contribution in [1.29, 1.82) is 0 Å². The summed E-state index contributed by atoms with van der Waals surface area (Å²) in [5, 5.41) is 12.1. The lowest BCUT2D eigenvalue weighted by Gasteiger charge is -2.21. The van der Waals surface area contributed by atoms with Gasteiger partial charge in [-0.05, 0) is 6.07 Å². The van der Waals surface area contributed by atoms with E-state index in [0.29, 0.717) is 5.89 Å². The summed E-state index contributed by atoms with van der Waals surface area (Å²) in [6.45, 7) is 0.791. The summed E-state index contributed by atoms with van der Waals surface area (Å²) in [4.78, 5) is 12.7. The number of hydrogen-bond donors (Lipinski definition) is 2. The number of hydrogen-bond acceptors (Lipinski definition) is 7. The maximum Gasteiger partial charge on any atom is 0.255 e. The molecule has 4 rings (SSSR count). The lowest BCUT2D eigenvalue weighted by molar-refractivity contribution is 0.540. The maximum atomic E-state index is 5.24. The average Bonchev–Trinajstić information content (AvgIpc) is 3.18. The fourth-order valence-corrected chi connectivity index (χ4v) is 3.31. The zero-order valence-electron chi connectivity index (χ0n) is 10.3. The molecular weight excluding hydrogens is 276 g/mol. The van der Waals surface area contributed by atoms with E-state index >= 15 is 0 Å². The molecule has 0 radical (unpaired) electrons. The normalized spacial score (nSPS) is 18.8. The highest BCUT2D eigenvalue weighted by Crippen LogP contribution is 2.41. The molecule has 0 amide bonds. The average molecular weight is 286 g/mol. The van der Waals surface area contributed by atoms with Crippen LogP contribution in [0, 0.1) is 0 Å². The number of rotatable bonds is 2. The third kappa shape index (κ3) is 1.85. The summed E-state index contributed by atoms with van der Waals surface area (Å²) in [7, 11) is 0. The quantitative estimate of drug-likeness (QED) is 0.740. The summed E-state index contributed by atoms with van der Waals surface area (Å²) in [5.41, 5.74) is 1.85. The van der Waals surface area contributed by atoms with Crippen LogP contribution < -0.4 is 5.32 Å². The van der Waals surface area contributed by atoms with Crippen molar-refractivity contribution in [3.8, 4) is 0 Å². The molecule has 3 aromatic rings. The Morgan fingerprint density at radius 2 is 2.35 bits per heavy atom. The summed E-state index contributed by atoms with van der Waals surface area (Å²) in [6.07, 6.45) is 6.68. The van der Waals surface area contributed by atoms with Gasteiger partial charge < -0.3 is 14.7 Å². The van der Waals surface area contributed by atoms with E-state index in [9.17, 15) is 0 Å². The number of nitrogens with one attached hydrogen (secondary N) is 2. The van der Waals surface area contributed by atoms with Gasteiger partial charge >= 0.3 is 0 Å². The Labute approximate surface area is 117 Å². The van der Waals surface area contributed by atoms with Crippen LogP contribution in [0.3, 0.4) is 0 Å². The molecule has 2 N–H and O–H groups in total. The Balaban J connectivity index is 1.70. The third-order valence-electron chi connectivity index (χ3n) is 3.07. The molecule has 1 atom stereocenters. The zero-order chi connectivity index (χ0) is 13.4. The van der Waals surface area contributed by atoms with Crippen LogP contribution in [0.4, 0.5) is 0 Å². The second-order valence-electron chi connectivity index (χ2n) is 4.27. The first kappa shape index (κ1) is 11.5. The van der Waals surface area contributed by atoms with E-state index in [0.717, 1.165) is 28.2 Å². The van der Waals surface area contributed by atoms with Crippen molar-refractivity contribution < 1.29 is 4.42 Å². The molecular formula is C12H10N6OS. The molecule has 0 aromatic carbocycles. The monoisotopic (exact) mass is 286 g/mol. The van der Waals surface area contributed by atoms with Crippen LogP contribution in [-0.4, -0.2) is 31.7 Å². The fourth-order valence-electron chi connectivity index (χ4n) is 2.18. The Morgan fingerprint density at radius 3 is 3.25 bits per heavy atom. The number of H-pyrrole nitrogens is 1. The van der Waals surface area contributed by atoms with Crippen LogP contribution in [-0.2, 0) is 0 Å². The van der Waals surface area contributed by atoms with Gasteiger partial charge in [-0.25, -0.2) is 9.97 Å². The van der Waals surface area contributed by atoms with E-state index in [1.54, 1.807) is 18.1 Å². The Kier molecular flexibility index (Phi) is 2.66. The summed E-state index contributed by atoms with van der Waals surface area (Å²) < 4.78 is 5.24. The van der Waals surface area contributed by atoms with Crippen LogP contribution in [0.1, 0.15) is 16.8 Å². The van der Waals surface area contributed by atoms with Crippen molar-refractivity contribution in [1.82, 2.24) is 30.5 Å². The standard InChI is InChI=1S/C12H10N6OS/c1-2-14-11-7(1)10(15-5-16-11)8-3-13-4-9(20-8)12-18-17-6-19-12/h1-2,4-6,8,13H,3H2,(H,14,15,16). The van der Waals surface area contributed by atoms with E-state index in [-0.39, 0.29) is 5.25 Å². The van der Waals surface area contributed by atoms with Gasteiger partial charge in [0.15, 0.2) is 0 Å². The van der Waals surface area contributed by atoms with E-state index < -0.39 is 0 Å². The second-order valence-corrected chi connectivity index (χ2v) is 5.51. The second kappa shape index (κ2) is 4.64. The van der Waals surface area contributed by atoms with Crippen molar-refractivity contribution in [2.45, 2.75) is 5.25 Å². The molecule has 8 heteroatoms. The van der Waals surface area contributed by atoms with Gasteiger partial charge in [0.2, 0.25) is 6.39 Å². The van der Waals surface area contributed by atoms with E-state index in [2.05, 4.69) is 30.5 Å². The highest BCUT2D eigenvalue weighted by molar-refractivity contribution is 8.08. The van der Waals surface area contributed by atoms with Crippen molar-refractivity contribution >= 4 is 27.7 Å². The topological polar surface area (TPSA) is 92.5 Å². The van der Waals surface area contributed by atoms with Gasteiger partial charge in [-0.15, -0.1) is 22.0 Å². The van der Waals surface area contributed by atoms with Gasteiger partial charge in [-0.2, -0.15) is 0 Å². The molecule has 3 aromatic heterocycles. The Bertz CT molecular complexity index is 765. The molecule has 0 fully saturated rings. The molecule has 1 aliphatic rings. The minimum absolute atomic E-state index is 0.170. The largest absolute Gasteiger partial charge is 0.423 e. The summed E-state index contributed by atoms with van der Waals surface area (Å²) in [6, 6.07) is 2.00. The lowest BCUT2D eigenvalue weighted by atomic mass is 10.2. The molecule has 0 spiro atoms. The van der Waals surface area contributed by atoms with Crippen molar-refractivity contribution in [2.75, 3.05) is 6.54 Å². The molecule has 0 saturated carbocycles. The highest BCUT2D eigenvalue weighted by atomic mass is 32.2. The van der Waals surface area contributed by atoms with Crippen LogP contribution in [0.2, 0.25) is 0 Å². The first-order valence-corrected chi connectivity index (χ1v) is 6.94. The fraction of sp³-hybridized carbons (Fsp3) is 0.167. The van der Waals surface area contributed by atoms with Crippen LogP contribution >= 0.6 is 11.8 Å². The number of aromatic amines is 1. The molecule has 20 heavy (non-hydrogen) atoms. The van der Waals surface area contributed by atoms with Crippen molar-refractivity contribution in [3.63, 3.8) is 0 Å². The Hall–Kier alpha value is -2.35. The van der Waals surface area contributed by atoms with Crippen LogP contribution in [0.25, 0.3) is 15.9 Å². The molecule has 1 aliphatic heterocycles. The SMILES string of the molecule is C1=C(c2nnco2)SC(c2ncnc3[nH]ccc23)CN1. The lowest BCUT2D eigenvalue weighted by Crippen LogP contribution is -2.20. The Morgan fingerprint density at radius 1 is 1.35 bits per heavy atom. The minimum atomic E-state index is 0.170. The molecule has 4 heterocycles. The van der Waals surface area contributed by atoms with Gasteiger partial charge in [-0.1, -0.05) is 0 Å². The van der Waals surface area contributed by atoms with Gasteiger partial charge in [0.05, 0.1) is 15.8 Å². The van der Waals surface area contributed by atoms with Crippen molar-refractivity contribution in [2.24, 2.45) is 0 Å². The van der Waals surface area contributed by atoms with Gasteiger partial charge in [-0.3, -0.25) is 0 Å². The molecule has 100 valence electrons. The van der Waals surface area contributed by atoms with E-state index in [1.165, 1.54) is 6.39 Å². The number of thioether (sulfide) groups is 1. The van der Waals surface area contributed by atoms with Crippen molar-refractivity contribution in [3.05, 3.63) is 42.8 Å². The summed E-state index contributed by atoms with van der Waals surface area (Å²) in [5.74, 6) is 0.520. The van der Waals surface area contributed by atoms with Gasteiger partial charge in [0, 0.05) is 24.3 Å². The predicted molar refractivity (Wildman–Crippen MR) is 74.5 cm³/mol. The van der Waals surface area contributed by atoms with Crippen LogP contribution in [0.5, 0.6) is 0 Å². The number of aromatic nitrogens is 5. The molecule has 7 nitrogen and oxygen atoms in total. The first-order chi connectivity index (χ1) is 9.92. The molecule has 0 bridgehead atoms. The molecule has 0 saturated heterocycles. The van der Waals surface area contributed by atoms with Gasteiger partial charge in [0.1, 0.15) is 12.0 Å². The molecule has 0 aliphatic carbocycles. The first-order valence-electron chi connectivity index (χ1n) is 6.06. The highest BCUT2D eigenvalue weighted by Gasteiger charge is 2.24. The third-order valence-corrected chi connectivity index (χ3v) is 4.29. The van der Waals surface area contributed by atoms with Crippen LogP contribution in [0.15, 0.2) is 35.6 Å². The smallest absolute Gasteiger partial charge is 0.255 e. The minimum Gasteiger partial charge on any atom is -0.423 e. The maximum absolute atomic E-state index is 5.24. The number of nitrogens with zero attached hydrogens (tertiary/aromatic N) is 4. The zero-order valence-corrected chi connectivity index (χ0v) is 11.1.